The van der Waals surface area contributed by atoms with Gasteiger partial charge in [-0.05, 0) is 36.8 Å². The smallest absolute Gasteiger partial charge is 0.305 e. The van der Waals surface area contributed by atoms with Crippen molar-refractivity contribution in [2.45, 2.75) is 19.4 Å². The molecule has 0 bridgehead atoms. The van der Waals surface area contributed by atoms with E-state index in [9.17, 15) is 14.0 Å². The molecule has 1 unspecified atom stereocenters. The summed E-state index contributed by atoms with van der Waals surface area (Å²) in [6, 6.07) is 13.6. The van der Waals surface area contributed by atoms with Gasteiger partial charge in [0.15, 0.2) is 5.69 Å². The first kappa shape index (κ1) is 18.3. The molecule has 1 amide bonds. The first-order valence-corrected chi connectivity index (χ1v) is 8.25. The van der Waals surface area contributed by atoms with Crippen LogP contribution in [0.15, 0.2) is 59.0 Å². The fraction of sp³-hybridized carbons (Fsp3) is 0.150. The molecular formula is C20H17FN2O4. The molecule has 0 aliphatic rings. The number of rotatable bonds is 6. The predicted molar refractivity (Wildman–Crippen MR) is 95.5 cm³/mol. The van der Waals surface area contributed by atoms with E-state index in [4.69, 9.17) is 9.52 Å². The van der Waals surface area contributed by atoms with Crippen LogP contribution in [0.1, 0.15) is 34.3 Å². The number of carboxylic acid groups (broad SMARTS) is 1. The van der Waals surface area contributed by atoms with Gasteiger partial charge >= 0.3 is 5.97 Å². The SMILES string of the molecule is Cc1oc(-c2ccccc2)nc1C(=O)NC(CC(=O)O)c1cccc(F)c1. The van der Waals surface area contributed by atoms with Crippen LogP contribution in [-0.4, -0.2) is 22.0 Å². The number of nitrogens with one attached hydrogen (secondary N) is 1. The lowest BCUT2D eigenvalue weighted by Gasteiger charge is -2.17. The van der Waals surface area contributed by atoms with Gasteiger partial charge in [0, 0.05) is 5.56 Å². The van der Waals surface area contributed by atoms with Gasteiger partial charge in [-0.15, -0.1) is 0 Å². The molecule has 0 spiro atoms. The molecule has 27 heavy (non-hydrogen) atoms. The number of benzene rings is 2. The number of nitrogens with zero attached hydrogens (tertiary/aromatic N) is 1. The second kappa shape index (κ2) is 7.82. The molecule has 0 fully saturated rings. The summed E-state index contributed by atoms with van der Waals surface area (Å²) >= 11 is 0. The number of oxazole rings is 1. The molecule has 0 radical (unpaired) electrons. The van der Waals surface area contributed by atoms with E-state index in [-0.39, 0.29) is 5.69 Å². The standard InChI is InChI=1S/C20H17FN2O4/c1-12-18(23-20(27-12)13-6-3-2-4-7-13)19(26)22-16(11-17(24)25)14-8-5-9-15(21)10-14/h2-10,16H,11H2,1H3,(H,22,26)(H,24,25). The Hall–Kier alpha value is -3.48. The zero-order chi connectivity index (χ0) is 19.4. The normalized spacial score (nSPS) is 11.8. The number of aromatic nitrogens is 1. The number of hydrogen-bond donors (Lipinski definition) is 2. The minimum Gasteiger partial charge on any atom is -0.481 e. The molecule has 0 saturated heterocycles. The quantitative estimate of drug-likeness (QED) is 0.691. The van der Waals surface area contributed by atoms with Crippen molar-refractivity contribution in [3.8, 4) is 11.5 Å². The Bertz CT molecular complexity index is 969. The Morgan fingerprint density at radius 3 is 2.59 bits per heavy atom. The third kappa shape index (κ3) is 4.38. The van der Waals surface area contributed by atoms with Crippen molar-refractivity contribution < 1.29 is 23.5 Å². The van der Waals surface area contributed by atoms with Crippen LogP contribution in [0.25, 0.3) is 11.5 Å². The fourth-order valence-corrected chi connectivity index (χ4v) is 2.69. The second-order valence-electron chi connectivity index (χ2n) is 5.97. The summed E-state index contributed by atoms with van der Waals surface area (Å²) in [7, 11) is 0. The van der Waals surface area contributed by atoms with Crippen LogP contribution in [-0.2, 0) is 4.79 Å². The predicted octanol–water partition coefficient (Wildman–Crippen LogP) is 3.73. The first-order chi connectivity index (χ1) is 12.9. The zero-order valence-electron chi connectivity index (χ0n) is 14.5. The average molecular weight is 368 g/mol. The summed E-state index contributed by atoms with van der Waals surface area (Å²) in [5.74, 6) is -1.63. The minimum absolute atomic E-state index is 0.0562. The molecule has 3 aromatic rings. The maximum Gasteiger partial charge on any atom is 0.305 e. The molecular weight excluding hydrogens is 351 g/mol. The molecule has 1 atom stereocenters. The van der Waals surface area contributed by atoms with Crippen LogP contribution < -0.4 is 5.32 Å². The van der Waals surface area contributed by atoms with E-state index < -0.39 is 30.2 Å². The van der Waals surface area contributed by atoms with Crippen molar-refractivity contribution in [1.29, 1.82) is 0 Å². The number of amides is 1. The van der Waals surface area contributed by atoms with Crippen molar-refractivity contribution in [2.24, 2.45) is 0 Å². The summed E-state index contributed by atoms with van der Waals surface area (Å²) in [6.45, 7) is 1.60. The third-order valence-electron chi connectivity index (χ3n) is 3.97. The summed E-state index contributed by atoms with van der Waals surface area (Å²) in [6.07, 6.45) is -0.391. The van der Waals surface area contributed by atoms with Crippen LogP contribution in [0, 0.1) is 12.7 Å². The lowest BCUT2D eigenvalue weighted by Crippen LogP contribution is -2.31. The van der Waals surface area contributed by atoms with Crippen LogP contribution in [0.3, 0.4) is 0 Å². The van der Waals surface area contributed by atoms with Crippen molar-refractivity contribution in [3.63, 3.8) is 0 Å². The number of carboxylic acids is 1. The van der Waals surface area contributed by atoms with Gasteiger partial charge in [-0.25, -0.2) is 9.37 Å². The Balaban J connectivity index is 1.86. The number of carbonyl (C=O) groups excluding carboxylic acids is 1. The van der Waals surface area contributed by atoms with E-state index in [0.29, 0.717) is 22.8 Å². The third-order valence-corrected chi connectivity index (χ3v) is 3.97. The molecule has 0 saturated carbocycles. The van der Waals surface area contributed by atoms with E-state index in [1.54, 1.807) is 25.1 Å². The lowest BCUT2D eigenvalue weighted by molar-refractivity contribution is -0.137. The minimum atomic E-state index is -1.12. The Morgan fingerprint density at radius 1 is 1.19 bits per heavy atom. The number of halogens is 1. The molecule has 138 valence electrons. The highest BCUT2D eigenvalue weighted by atomic mass is 19.1. The maximum atomic E-state index is 13.5. The van der Waals surface area contributed by atoms with Crippen LogP contribution in [0.5, 0.6) is 0 Å². The Morgan fingerprint density at radius 2 is 1.93 bits per heavy atom. The van der Waals surface area contributed by atoms with Gasteiger partial charge in [0.05, 0.1) is 12.5 Å². The molecule has 6 nitrogen and oxygen atoms in total. The van der Waals surface area contributed by atoms with E-state index in [0.717, 1.165) is 0 Å². The van der Waals surface area contributed by atoms with Gasteiger partial charge in [0.2, 0.25) is 5.89 Å². The molecule has 0 aliphatic carbocycles. The lowest BCUT2D eigenvalue weighted by atomic mass is 10.0. The number of aryl methyl sites for hydroxylation is 1. The van der Waals surface area contributed by atoms with Crippen LogP contribution in [0.2, 0.25) is 0 Å². The Kier molecular flexibility index (Phi) is 5.30. The average Bonchev–Trinajstić information content (AvgIpc) is 3.03. The van der Waals surface area contributed by atoms with Crippen LogP contribution in [0.4, 0.5) is 4.39 Å². The highest BCUT2D eigenvalue weighted by Crippen LogP contribution is 2.23. The van der Waals surface area contributed by atoms with Gasteiger partial charge in [0.1, 0.15) is 11.6 Å². The largest absolute Gasteiger partial charge is 0.481 e. The summed E-state index contributed by atoms with van der Waals surface area (Å²) in [4.78, 5) is 28.0. The molecule has 3 rings (SSSR count). The summed E-state index contributed by atoms with van der Waals surface area (Å²) in [5, 5.41) is 11.7. The van der Waals surface area contributed by atoms with Crippen molar-refractivity contribution in [3.05, 3.63) is 77.4 Å². The molecule has 7 heteroatoms. The van der Waals surface area contributed by atoms with Gasteiger partial charge < -0.3 is 14.8 Å². The van der Waals surface area contributed by atoms with Gasteiger partial charge in [-0.2, -0.15) is 0 Å². The van der Waals surface area contributed by atoms with Gasteiger partial charge in [-0.1, -0.05) is 30.3 Å². The van der Waals surface area contributed by atoms with Gasteiger partial charge in [0.25, 0.3) is 5.91 Å². The van der Waals surface area contributed by atoms with Crippen molar-refractivity contribution in [1.82, 2.24) is 10.3 Å². The molecule has 1 aromatic heterocycles. The molecule has 1 heterocycles. The summed E-state index contributed by atoms with van der Waals surface area (Å²) in [5.41, 5.74) is 1.13. The number of hydrogen-bond acceptors (Lipinski definition) is 4. The molecule has 0 aliphatic heterocycles. The van der Waals surface area contributed by atoms with Crippen molar-refractivity contribution >= 4 is 11.9 Å². The van der Waals surface area contributed by atoms with E-state index in [1.165, 1.54) is 18.2 Å². The molecule has 2 N–H and O–H groups in total. The van der Waals surface area contributed by atoms with Crippen molar-refractivity contribution in [2.75, 3.05) is 0 Å². The second-order valence-corrected chi connectivity index (χ2v) is 5.97. The maximum absolute atomic E-state index is 13.5. The van der Waals surface area contributed by atoms with E-state index in [1.807, 2.05) is 18.2 Å². The van der Waals surface area contributed by atoms with E-state index >= 15 is 0 Å². The first-order valence-electron chi connectivity index (χ1n) is 8.25. The number of carbonyl (C=O) groups is 2. The highest BCUT2D eigenvalue weighted by molar-refractivity contribution is 5.94. The topological polar surface area (TPSA) is 92.4 Å². The van der Waals surface area contributed by atoms with E-state index in [2.05, 4.69) is 10.3 Å². The number of aliphatic carboxylic acids is 1. The Labute approximate surface area is 154 Å². The van der Waals surface area contributed by atoms with Crippen LogP contribution >= 0.6 is 0 Å². The molecule has 2 aromatic carbocycles. The fourth-order valence-electron chi connectivity index (χ4n) is 2.69. The van der Waals surface area contributed by atoms with Gasteiger partial charge in [-0.3, -0.25) is 9.59 Å². The highest BCUT2D eigenvalue weighted by Gasteiger charge is 2.23. The zero-order valence-corrected chi connectivity index (χ0v) is 14.5. The summed E-state index contributed by atoms with van der Waals surface area (Å²) < 4.78 is 19.1. The monoisotopic (exact) mass is 368 g/mol.